The molecule has 0 amide bonds. The molecule has 0 aromatic heterocycles. The molecule has 2 aliphatic heterocycles. The first-order valence-corrected chi connectivity index (χ1v) is 11.1. The van der Waals surface area contributed by atoms with E-state index in [4.69, 9.17) is 4.74 Å². The summed E-state index contributed by atoms with van der Waals surface area (Å²) in [6, 6.07) is 0.546. The van der Waals surface area contributed by atoms with Gasteiger partial charge in [-0.05, 0) is 57.2 Å². The maximum Gasteiger partial charge on any atom is 0.191 e. The van der Waals surface area contributed by atoms with Crippen LogP contribution in [0.3, 0.4) is 0 Å². The summed E-state index contributed by atoms with van der Waals surface area (Å²) in [5.74, 6) is 2.42. The molecule has 0 aliphatic carbocycles. The summed E-state index contributed by atoms with van der Waals surface area (Å²) in [6.45, 7) is 16.4. The fourth-order valence-electron chi connectivity index (χ4n) is 4.25. The SMILES string of the molecule is CCCN1CCC(CNC(=NC)NCC(CC(C)C)N2CCOCC2)CC1.I. The molecule has 2 fully saturated rings. The van der Waals surface area contributed by atoms with Crippen LogP contribution in [0, 0.1) is 11.8 Å². The first-order chi connectivity index (χ1) is 13.1. The van der Waals surface area contributed by atoms with Crippen LogP contribution in [0.25, 0.3) is 0 Å². The highest BCUT2D eigenvalue weighted by Crippen LogP contribution is 2.16. The molecule has 2 saturated heterocycles. The summed E-state index contributed by atoms with van der Waals surface area (Å²) in [4.78, 5) is 9.63. The van der Waals surface area contributed by atoms with Crippen LogP contribution in [-0.4, -0.2) is 87.9 Å². The highest BCUT2D eigenvalue weighted by Gasteiger charge is 2.23. The smallest absolute Gasteiger partial charge is 0.191 e. The number of morpholine rings is 1. The molecule has 6 nitrogen and oxygen atoms in total. The topological polar surface area (TPSA) is 52.1 Å². The number of nitrogens with one attached hydrogen (secondary N) is 2. The van der Waals surface area contributed by atoms with Crippen molar-refractivity contribution in [2.24, 2.45) is 16.8 Å². The van der Waals surface area contributed by atoms with E-state index in [1.165, 1.54) is 45.3 Å². The van der Waals surface area contributed by atoms with Crippen LogP contribution in [-0.2, 0) is 4.74 Å². The minimum atomic E-state index is 0. The molecular formula is C21H44IN5O. The maximum atomic E-state index is 5.53. The van der Waals surface area contributed by atoms with Crippen molar-refractivity contribution in [1.29, 1.82) is 0 Å². The van der Waals surface area contributed by atoms with E-state index in [1.807, 2.05) is 7.05 Å². The molecule has 0 aromatic carbocycles. The number of aliphatic imine (C=N–C) groups is 1. The Bertz CT molecular complexity index is 421. The molecule has 2 N–H and O–H groups in total. The lowest BCUT2D eigenvalue weighted by Crippen LogP contribution is -2.51. The van der Waals surface area contributed by atoms with Gasteiger partial charge in [0.1, 0.15) is 0 Å². The van der Waals surface area contributed by atoms with E-state index in [0.717, 1.165) is 51.3 Å². The molecule has 7 heteroatoms. The summed E-state index contributed by atoms with van der Waals surface area (Å²) in [5.41, 5.74) is 0. The van der Waals surface area contributed by atoms with Crippen molar-refractivity contribution < 1.29 is 4.74 Å². The second-order valence-corrected chi connectivity index (χ2v) is 8.55. The second-order valence-electron chi connectivity index (χ2n) is 8.55. The van der Waals surface area contributed by atoms with Gasteiger partial charge in [0.05, 0.1) is 13.2 Å². The molecule has 2 rings (SSSR count). The summed E-state index contributed by atoms with van der Waals surface area (Å²) >= 11 is 0. The third-order valence-corrected chi connectivity index (χ3v) is 5.84. The molecule has 28 heavy (non-hydrogen) atoms. The Kier molecular flexibility index (Phi) is 13.7. The Morgan fingerprint density at radius 3 is 2.36 bits per heavy atom. The number of ether oxygens (including phenoxy) is 1. The normalized spacial score (nSPS) is 21.4. The summed E-state index contributed by atoms with van der Waals surface area (Å²) in [7, 11) is 1.88. The van der Waals surface area contributed by atoms with Gasteiger partial charge in [0.15, 0.2) is 5.96 Å². The van der Waals surface area contributed by atoms with E-state index < -0.39 is 0 Å². The molecule has 2 aliphatic rings. The lowest BCUT2D eigenvalue weighted by molar-refractivity contribution is 0.0132. The van der Waals surface area contributed by atoms with E-state index >= 15 is 0 Å². The number of guanidine groups is 1. The fraction of sp³-hybridized carbons (Fsp3) is 0.952. The van der Waals surface area contributed by atoms with Crippen molar-refractivity contribution in [1.82, 2.24) is 20.4 Å². The van der Waals surface area contributed by atoms with Crippen LogP contribution in [0.1, 0.15) is 46.5 Å². The average Bonchev–Trinajstić information content (AvgIpc) is 2.69. The predicted molar refractivity (Wildman–Crippen MR) is 130 cm³/mol. The van der Waals surface area contributed by atoms with Crippen LogP contribution in [0.15, 0.2) is 4.99 Å². The Hall–Kier alpha value is -0.120. The molecule has 0 radical (unpaired) electrons. The molecule has 166 valence electrons. The van der Waals surface area contributed by atoms with Crippen molar-refractivity contribution in [3.63, 3.8) is 0 Å². The van der Waals surface area contributed by atoms with E-state index in [0.29, 0.717) is 12.0 Å². The minimum Gasteiger partial charge on any atom is -0.379 e. The van der Waals surface area contributed by atoms with Gasteiger partial charge < -0.3 is 20.3 Å². The lowest BCUT2D eigenvalue weighted by Gasteiger charge is -2.36. The molecular weight excluding hydrogens is 465 g/mol. The molecule has 0 aromatic rings. The Balaban J connectivity index is 0.00000392. The first-order valence-electron chi connectivity index (χ1n) is 11.1. The van der Waals surface area contributed by atoms with Gasteiger partial charge in [-0.15, -0.1) is 24.0 Å². The maximum absolute atomic E-state index is 5.53. The van der Waals surface area contributed by atoms with Crippen LogP contribution in [0.2, 0.25) is 0 Å². The predicted octanol–water partition coefficient (Wildman–Crippen LogP) is 2.64. The molecule has 0 saturated carbocycles. The quantitative estimate of drug-likeness (QED) is 0.285. The van der Waals surface area contributed by atoms with Crippen molar-refractivity contribution in [2.75, 3.05) is 66.1 Å². The number of rotatable bonds is 9. The number of likely N-dealkylation sites (tertiary alicyclic amines) is 1. The fourth-order valence-corrected chi connectivity index (χ4v) is 4.25. The summed E-state index contributed by atoms with van der Waals surface area (Å²) in [6.07, 6.45) is 5.07. The minimum absolute atomic E-state index is 0. The summed E-state index contributed by atoms with van der Waals surface area (Å²) in [5, 5.41) is 7.16. The third-order valence-electron chi connectivity index (χ3n) is 5.84. The third kappa shape index (κ3) is 9.59. The first kappa shape index (κ1) is 25.9. The second kappa shape index (κ2) is 14.8. The highest BCUT2D eigenvalue weighted by molar-refractivity contribution is 14.0. The van der Waals surface area contributed by atoms with Gasteiger partial charge in [0.25, 0.3) is 0 Å². The van der Waals surface area contributed by atoms with E-state index in [9.17, 15) is 0 Å². The number of nitrogens with zero attached hydrogens (tertiary/aromatic N) is 3. The van der Waals surface area contributed by atoms with Crippen molar-refractivity contribution in [3.05, 3.63) is 0 Å². The largest absolute Gasteiger partial charge is 0.379 e. The van der Waals surface area contributed by atoms with E-state index in [1.54, 1.807) is 0 Å². The number of halogens is 1. The number of piperidine rings is 1. The lowest BCUT2D eigenvalue weighted by atomic mass is 9.97. The van der Waals surface area contributed by atoms with Crippen molar-refractivity contribution in [2.45, 2.75) is 52.5 Å². The van der Waals surface area contributed by atoms with Gasteiger partial charge in [0, 0.05) is 39.3 Å². The highest BCUT2D eigenvalue weighted by atomic mass is 127. The Morgan fingerprint density at radius 2 is 1.79 bits per heavy atom. The zero-order valence-electron chi connectivity index (χ0n) is 18.6. The summed E-state index contributed by atoms with van der Waals surface area (Å²) < 4.78 is 5.53. The van der Waals surface area contributed by atoms with Crippen LogP contribution >= 0.6 is 24.0 Å². The van der Waals surface area contributed by atoms with Crippen LogP contribution in [0.5, 0.6) is 0 Å². The van der Waals surface area contributed by atoms with Gasteiger partial charge in [-0.2, -0.15) is 0 Å². The van der Waals surface area contributed by atoms with E-state index in [2.05, 4.69) is 46.2 Å². The van der Waals surface area contributed by atoms with Crippen LogP contribution in [0.4, 0.5) is 0 Å². The zero-order valence-corrected chi connectivity index (χ0v) is 20.9. The van der Waals surface area contributed by atoms with Gasteiger partial charge >= 0.3 is 0 Å². The standard InChI is InChI=1S/C21H43N5O.HI/c1-5-8-25-9-6-19(7-10-25)16-23-21(22-4)24-17-20(15-18(2)3)26-11-13-27-14-12-26;/h18-20H,5-17H2,1-4H3,(H2,22,23,24);1H. The van der Waals surface area contributed by atoms with Crippen molar-refractivity contribution in [3.8, 4) is 0 Å². The molecule has 2 heterocycles. The van der Waals surface area contributed by atoms with Gasteiger partial charge in [-0.25, -0.2) is 0 Å². The average molecular weight is 510 g/mol. The van der Waals surface area contributed by atoms with Gasteiger partial charge in [0.2, 0.25) is 0 Å². The van der Waals surface area contributed by atoms with Crippen LogP contribution < -0.4 is 10.6 Å². The number of hydrogen-bond acceptors (Lipinski definition) is 4. The molecule has 0 spiro atoms. The zero-order chi connectivity index (χ0) is 19.5. The van der Waals surface area contributed by atoms with Crippen molar-refractivity contribution >= 4 is 29.9 Å². The monoisotopic (exact) mass is 509 g/mol. The molecule has 0 bridgehead atoms. The van der Waals surface area contributed by atoms with Gasteiger partial charge in [-0.1, -0.05) is 20.8 Å². The van der Waals surface area contributed by atoms with Gasteiger partial charge in [-0.3, -0.25) is 9.89 Å². The Labute approximate surface area is 190 Å². The Morgan fingerprint density at radius 1 is 1.11 bits per heavy atom. The molecule has 1 unspecified atom stereocenters. The number of hydrogen-bond donors (Lipinski definition) is 2. The van der Waals surface area contributed by atoms with E-state index in [-0.39, 0.29) is 24.0 Å². The molecule has 1 atom stereocenters.